The van der Waals surface area contributed by atoms with Gasteiger partial charge in [-0.2, -0.15) is 0 Å². The van der Waals surface area contributed by atoms with Gasteiger partial charge >= 0.3 is 0 Å². The molecule has 2 aliphatic rings. The summed E-state index contributed by atoms with van der Waals surface area (Å²) in [4.78, 5) is 2.51. The molecule has 2 fully saturated rings. The van der Waals surface area contributed by atoms with E-state index in [0.717, 1.165) is 45.8 Å². The van der Waals surface area contributed by atoms with Crippen LogP contribution < -0.4 is 5.32 Å². The molecule has 4 nitrogen and oxygen atoms in total. The quantitative estimate of drug-likeness (QED) is 0.673. The highest BCUT2D eigenvalue weighted by molar-refractivity contribution is 4.91. The molecule has 0 radical (unpaired) electrons. The lowest BCUT2D eigenvalue weighted by atomic mass is 9.83. The van der Waals surface area contributed by atoms with Gasteiger partial charge in [-0.3, -0.25) is 4.90 Å². The van der Waals surface area contributed by atoms with Crippen LogP contribution in [0.2, 0.25) is 0 Å². The number of ether oxygens (including phenoxy) is 1. The average molecular weight is 284 g/mol. The molecule has 20 heavy (non-hydrogen) atoms. The highest BCUT2D eigenvalue weighted by Gasteiger charge is 2.38. The Labute approximate surface area is 123 Å². The van der Waals surface area contributed by atoms with Crippen molar-refractivity contribution in [3.63, 3.8) is 0 Å². The fourth-order valence-corrected chi connectivity index (χ4v) is 3.30. The van der Waals surface area contributed by atoms with E-state index in [1.54, 1.807) is 0 Å². The van der Waals surface area contributed by atoms with E-state index in [1.807, 2.05) is 0 Å². The molecule has 0 aromatic heterocycles. The lowest BCUT2D eigenvalue weighted by Gasteiger charge is -2.42. The van der Waals surface area contributed by atoms with Crippen LogP contribution in [0.5, 0.6) is 0 Å². The fraction of sp³-hybridized carbons (Fsp3) is 1.00. The van der Waals surface area contributed by atoms with Crippen molar-refractivity contribution in [3.05, 3.63) is 0 Å². The number of aliphatic hydroxyl groups excluding tert-OH is 1. The minimum atomic E-state index is 0.250. The second-order valence-corrected chi connectivity index (χ2v) is 7.11. The van der Waals surface area contributed by atoms with Crippen LogP contribution in [0.4, 0.5) is 0 Å². The lowest BCUT2D eigenvalue weighted by Crippen LogP contribution is -2.51. The first-order valence-electron chi connectivity index (χ1n) is 8.28. The molecular formula is C16H32N2O2. The van der Waals surface area contributed by atoms with Gasteiger partial charge < -0.3 is 15.2 Å². The standard InChI is InChI=1S/C16H32N2O2/c1-14(2)10-17-11-16(6-9-20-13-16)12-18(7-8-19)15-4-3-5-15/h14-15,17,19H,3-13H2,1-2H3. The number of hydrogen-bond donors (Lipinski definition) is 2. The summed E-state index contributed by atoms with van der Waals surface area (Å²) in [7, 11) is 0. The maximum Gasteiger partial charge on any atom is 0.0558 e. The molecule has 1 saturated carbocycles. The highest BCUT2D eigenvalue weighted by atomic mass is 16.5. The summed E-state index contributed by atoms with van der Waals surface area (Å²) >= 11 is 0. The summed E-state index contributed by atoms with van der Waals surface area (Å²) in [5, 5.41) is 12.9. The third-order valence-electron chi connectivity index (χ3n) is 4.75. The summed E-state index contributed by atoms with van der Waals surface area (Å²) in [6, 6.07) is 0.699. The van der Waals surface area contributed by atoms with Crippen molar-refractivity contribution in [1.29, 1.82) is 0 Å². The van der Waals surface area contributed by atoms with Gasteiger partial charge in [0.1, 0.15) is 0 Å². The van der Waals surface area contributed by atoms with Gasteiger partial charge in [0.05, 0.1) is 13.2 Å². The van der Waals surface area contributed by atoms with E-state index in [-0.39, 0.29) is 12.0 Å². The van der Waals surface area contributed by atoms with Crippen molar-refractivity contribution in [2.45, 2.75) is 45.6 Å². The Morgan fingerprint density at radius 3 is 2.70 bits per heavy atom. The van der Waals surface area contributed by atoms with Gasteiger partial charge in [-0.25, -0.2) is 0 Å². The van der Waals surface area contributed by atoms with Crippen LogP contribution in [0, 0.1) is 11.3 Å². The number of nitrogens with one attached hydrogen (secondary N) is 1. The normalized spacial score (nSPS) is 27.4. The summed E-state index contributed by atoms with van der Waals surface area (Å²) in [6.45, 7) is 10.5. The Kier molecular flexibility index (Phi) is 6.27. The third kappa shape index (κ3) is 4.42. The van der Waals surface area contributed by atoms with E-state index in [4.69, 9.17) is 4.74 Å². The van der Waals surface area contributed by atoms with Gasteiger partial charge in [-0.15, -0.1) is 0 Å². The number of aliphatic hydroxyl groups is 1. The lowest BCUT2D eigenvalue weighted by molar-refractivity contribution is 0.0443. The van der Waals surface area contributed by atoms with Gasteiger partial charge in [0.15, 0.2) is 0 Å². The minimum absolute atomic E-state index is 0.250. The van der Waals surface area contributed by atoms with Crippen LogP contribution in [-0.2, 0) is 4.74 Å². The van der Waals surface area contributed by atoms with E-state index < -0.39 is 0 Å². The largest absolute Gasteiger partial charge is 0.395 e. The van der Waals surface area contributed by atoms with E-state index >= 15 is 0 Å². The van der Waals surface area contributed by atoms with E-state index in [0.29, 0.717) is 12.0 Å². The second kappa shape index (κ2) is 7.74. The van der Waals surface area contributed by atoms with Crippen LogP contribution in [0.3, 0.4) is 0 Å². The molecule has 0 bridgehead atoms. The molecule has 0 aromatic rings. The summed E-state index contributed by atoms with van der Waals surface area (Å²) in [5.41, 5.74) is 0.250. The molecule has 2 rings (SSSR count). The maximum absolute atomic E-state index is 9.32. The Bertz CT molecular complexity index is 274. The monoisotopic (exact) mass is 284 g/mol. The Hall–Kier alpha value is -0.160. The van der Waals surface area contributed by atoms with Crippen molar-refractivity contribution in [3.8, 4) is 0 Å². The van der Waals surface area contributed by atoms with Crippen LogP contribution in [-0.4, -0.2) is 62.0 Å². The average Bonchev–Trinajstić information content (AvgIpc) is 2.75. The molecule has 0 spiro atoms. The molecule has 118 valence electrons. The molecule has 1 unspecified atom stereocenters. The maximum atomic E-state index is 9.32. The Morgan fingerprint density at radius 2 is 2.20 bits per heavy atom. The summed E-state index contributed by atoms with van der Waals surface area (Å²) < 4.78 is 5.70. The number of hydrogen-bond acceptors (Lipinski definition) is 4. The zero-order valence-electron chi connectivity index (χ0n) is 13.2. The van der Waals surface area contributed by atoms with E-state index in [9.17, 15) is 5.11 Å². The third-order valence-corrected chi connectivity index (χ3v) is 4.75. The van der Waals surface area contributed by atoms with Gasteiger partial charge in [0.25, 0.3) is 0 Å². The minimum Gasteiger partial charge on any atom is -0.395 e. The van der Waals surface area contributed by atoms with Gasteiger partial charge in [0, 0.05) is 37.7 Å². The molecule has 1 aliphatic carbocycles. The molecule has 1 aliphatic heterocycles. The van der Waals surface area contributed by atoms with Crippen molar-refractivity contribution < 1.29 is 9.84 Å². The molecule has 1 atom stereocenters. The van der Waals surface area contributed by atoms with E-state index in [1.165, 1.54) is 19.3 Å². The van der Waals surface area contributed by atoms with Gasteiger partial charge in [-0.1, -0.05) is 20.3 Å². The van der Waals surface area contributed by atoms with Gasteiger partial charge in [0.2, 0.25) is 0 Å². The van der Waals surface area contributed by atoms with Gasteiger partial charge in [-0.05, 0) is 31.7 Å². The predicted octanol–water partition coefficient (Wildman–Crippen LogP) is 1.49. The zero-order chi connectivity index (χ0) is 14.4. The molecule has 1 saturated heterocycles. The first kappa shape index (κ1) is 16.2. The molecular weight excluding hydrogens is 252 g/mol. The number of nitrogens with zero attached hydrogens (tertiary/aromatic N) is 1. The summed E-state index contributed by atoms with van der Waals surface area (Å²) in [5.74, 6) is 0.689. The van der Waals surface area contributed by atoms with Crippen molar-refractivity contribution in [1.82, 2.24) is 10.2 Å². The van der Waals surface area contributed by atoms with Crippen LogP contribution in [0.25, 0.3) is 0 Å². The Balaban J connectivity index is 1.88. The molecule has 0 aromatic carbocycles. The first-order chi connectivity index (χ1) is 9.65. The summed E-state index contributed by atoms with van der Waals surface area (Å²) in [6.07, 6.45) is 5.10. The topological polar surface area (TPSA) is 44.7 Å². The van der Waals surface area contributed by atoms with E-state index in [2.05, 4.69) is 24.1 Å². The van der Waals surface area contributed by atoms with Crippen molar-refractivity contribution in [2.75, 3.05) is 46.0 Å². The number of rotatable bonds is 9. The molecule has 0 amide bonds. The Morgan fingerprint density at radius 1 is 1.40 bits per heavy atom. The first-order valence-corrected chi connectivity index (χ1v) is 8.28. The second-order valence-electron chi connectivity index (χ2n) is 7.11. The SMILES string of the molecule is CC(C)CNCC1(CN(CCO)C2CCC2)CCOC1. The molecule has 4 heteroatoms. The fourth-order valence-electron chi connectivity index (χ4n) is 3.30. The molecule has 1 heterocycles. The smallest absolute Gasteiger partial charge is 0.0558 e. The van der Waals surface area contributed by atoms with Crippen LogP contribution >= 0.6 is 0 Å². The van der Waals surface area contributed by atoms with Crippen molar-refractivity contribution >= 4 is 0 Å². The van der Waals surface area contributed by atoms with Crippen LogP contribution in [0.1, 0.15) is 39.5 Å². The van der Waals surface area contributed by atoms with Crippen molar-refractivity contribution in [2.24, 2.45) is 11.3 Å². The van der Waals surface area contributed by atoms with Crippen LogP contribution in [0.15, 0.2) is 0 Å². The molecule has 2 N–H and O–H groups in total. The highest BCUT2D eigenvalue weighted by Crippen LogP contribution is 2.33. The zero-order valence-corrected chi connectivity index (χ0v) is 13.2. The predicted molar refractivity (Wildman–Crippen MR) is 81.9 cm³/mol.